The Morgan fingerprint density at radius 1 is 1.35 bits per heavy atom. The molecule has 1 aromatic rings. The molecule has 146 valence electrons. The third kappa shape index (κ3) is 3.66. The van der Waals surface area contributed by atoms with Crippen LogP contribution in [0.3, 0.4) is 0 Å². The Labute approximate surface area is 149 Å². The third-order valence-electron chi connectivity index (χ3n) is 5.32. The average Bonchev–Trinajstić information content (AvgIpc) is 2.71. The number of nitrogens with zero attached hydrogens (tertiary/aromatic N) is 2. The van der Waals surface area contributed by atoms with Gasteiger partial charge in [0.15, 0.2) is 6.10 Å². The Morgan fingerprint density at radius 3 is 2.42 bits per heavy atom. The minimum atomic E-state index is -3.16. The molecule has 2 saturated carbocycles. The van der Waals surface area contributed by atoms with Crippen LogP contribution in [0.15, 0.2) is 0 Å². The molecule has 0 aromatic carbocycles. The van der Waals surface area contributed by atoms with Gasteiger partial charge in [0.05, 0.1) is 5.69 Å². The first-order valence-corrected chi connectivity index (χ1v) is 8.78. The van der Waals surface area contributed by atoms with Gasteiger partial charge in [-0.2, -0.15) is 5.10 Å². The van der Waals surface area contributed by atoms with E-state index in [0.29, 0.717) is 18.4 Å². The molecule has 0 spiro atoms. The molecule has 0 saturated heterocycles. The zero-order chi connectivity index (χ0) is 19.3. The Morgan fingerprint density at radius 2 is 1.96 bits per heavy atom. The quantitative estimate of drug-likeness (QED) is 0.751. The summed E-state index contributed by atoms with van der Waals surface area (Å²) in [6.07, 6.45) is -0.327. The summed E-state index contributed by atoms with van der Waals surface area (Å²) in [5.74, 6) is -5.71. The van der Waals surface area contributed by atoms with Gasteiger partial charge >= 0.3 is 6.09 Å². The number of rotatable bonds is 5. The fourth-order valence-electron chi connectivity index (χ4n) is 3.36. The molecule has 2 aliphatic rings. The van der Waals surface area contributed by atoms with Crippen LogP contribution in [-0.2, 0) is 11.8 Å². The van der Waals surface area contributed by atoms with Crippen LogP contribution in [0.5, 0.6) is 0 Å². The van der Waals surface area contributed by atoms with Gasteiger partial charge in [-0.1, -0.05) is 6.42 Å². The summed E-state index contributed by atoms with van der Waals surface area (Å²) in [5.41, 5.74) is 1.32. The van der Waals surface area contributed by atoms with Crippen molar-refractivity contribution in [3.05, 3.63) is 11.3 Å². The molecular weight excluding hydrogens is 354 g/mol. The van der Waals surface area contributed by atoms with Crippen molar-refractivity contribution in [1.29, 1.82) is 0 Å². The van der Waals surface area contributed by atoms with E-state index in [1.54, 1.807) is 7.05 Å². The monoisotopic (exact) mass is 377 g/mol. The first-order chi connectivity index (χ1) is 12.0. The maximum absolute atomic E-state index is 13.3. The van der Waals surface area contributed by atoms with Crippen molar-refractivity contribution in [2.45, 2.75) is 75.7 Å². The SMILES string of the molecule is C[C@H](OC(=O)Nc1c(C2CCC2)c(C2CC(F)(F)C2)nn1C)C(C)(F)F. The summed E-state index contributed by atoms with van der Waals surface area (Å²) in [7, 11) is 1.59. The number of anilines is 1. The molecular formula is C17H23F4N3O2. The predicted octanol–water partition coefficient (Wildman–Crippen LogP) is 4.79. The van der Waals surface area contributed by atoms with Crippen molar-refractivity contribution in [3.63, 3.8) is 0 Å². The number of hydrogen-bond donors (Lipinski definition) is 1. The molecule has 1 atom stereocenters. The van der Waals surface area contributed by atoms with E-state index in [-0.39, 0.29) is 24.7 Å². The summed E-state index contributed by atoms with van der Waals surface area (Å²) in [6, 6.07) is 0. The number of ether oxygens (including phenoxy) is 1. The van der Waals surface area contributed by atoms with E-state index in [2.05, 4.69) is 10.4 Å². The first-order valence-electron chi connectivity index (χ1n) is 8.78. The highest BCUT2D eigenvalue weighted by molar-refractivity contribution is 5.85. The number of carbonyl (C=O) groups is 1. The van der Waals surface area contributed by atoms with Crippen LogP contribution < -0.4 is 5.32 Å². The number of amides is 1. The summed E-state index contributed by atoms with van der Waals surface area (Å²) < 4.78 is 59.1. The topological polar surface area (TPSA) is 56.1 Å². The second-order valence-electron chi connectivity index (χ2n) is 7.49. The lowest BCUT2D eigenvalue weighted by Crippen LogP contribution is -2.35. The van der Waals surface area contributed by atoms with Gasteiger partial charge in [0.1, 0.15) is 5.82 Å². The number of carbonyl (C=O) groups excluding carboxylic acids is 1. The number of halogens is 4. The maximum atomic E-state index is 13.3. The minimum absolute atomic E-state index is 0.133. The Hall–Kier alpha value is -1.80. The zero-order valence-electron chi connectivity index (χ0n) is 15.0. The fourth-order valence-corrected chi connectivity index (χ4v) is 3.36. The number of aryl methyl sites for hydroxylation is 1. The van der Waals surface area contributed by atoms with E-state index in [9.17, 15) is 22.4 Å². The highest BCUT2D eigenvalue weighted by atomic mass is 19.3. The van der Waals surface area contributed by atoms with Crippen molar-refractivity contribution in [1.82, 2.24) is 9.78 Å². The van der Waals surface area contributed by atoms with Gasteiger partial charge in [0.25, 0.3) is 5.92 Å². The lowest BCUT2D eigenvalue weighted by atomic mass is 9.73. The first kappa shape index (κ1) is 19.0. The van der Waals surface area contributed by atoms with E-state index < -0.39 is 24.0 Å². The number of hydrogen-bond acceptors (Lipinski definition) is 3. The Balaban J connectivity index is 1.80. The zero-order valence-corrected chi connectivity index (χ0v) is 15.0. The highest BCUT2D eigenvalue weighted by Crippen LogP contribution is 2.52. The van der Waals surface area contributed by atoms with Gasteiger partial charge in [-0.3, -0.25) is 10.00 Å². The molecule has 0 radical (unpaired) electrons. The highest BCUT2D eigenvalue weighted by Gasteiger charge is 2.49. The average molecular weight is 377 g/mol. The second kappa shape index (κ2) is 6.42. The Kier molecular flexibility index (Phi) is 4.69. The third-order valence-corrected chi connectivity index (χ3v) is 5.32. The molecule has 1 N–H and O–H groups in total. The number of aromatic nitrogens is 2. The lowest BCUT2D eigenvalue weighted by molar-refractivity contribution is -0.0879. The van der Waals surface area contributed by atoms with E-state index in [0.717, 1.165) is 31.7 Å². The van der Waals surface area contributed by atoms with Crippen molar-refractivity contribution in [3.8, 4) is 0 Å². The molecule has 2 fully saturated rings. The van der Waals surface area contributed by atoms with Crippen LogP contribution in [0.2, 0.25) is 0 Å². The standard InChI is InChI=1S/C17H23F4N3O2/c1-9(16(2,18)19)26-15(25)22-14-12(10-5-4-6-10)13(23-24(14)3)11-7-17(20,21)8-11/h9-11H,4-8H2,1-3H3,(H,22,25)/t9-/m0/s1. The fraction of sp³-hybridized carbons (Fsp3) is 0.765. The molecule has 2 aliphatic carbocycles. The lowest BCUT2D eigenvalue weighted by Gasteiger charge is -2.36. The summed E-state index contributed by atoms with van der Waals surface area (Å²) >= 11 is 0. The molecule has 0 aliphatic heterocycles. The summed E-state index contributed by atoms with van der Waals surface area (Å²) in [4.78, 5) is 12.0. The van der Waals surface area contributed by atoms with E-state index in [1.165, 1.54) is 4.68 Å². The van der Waals surface area contributed by atoms with Gasteiger partial charge in [0.2, 0.25) is 5.92 Å². The van der Waals surface area contributed by atoms with Crippen LogP contribution in [0.25, 0.3) is 0 Å². The largest absolute Gasteiger partial charge is 0.440 e. The van der Waals surface area contributed by atoms with Gasteiger partial charge in [0, 0.05) is 38.3 Å². The van der Waals surface area contributed by atoms with Gasteiger partial charge in [-0.25, -0.2) is 22.4 Å². The van der Waals surface area contributed by atoms with Crippen molar-refractivity contribution in [2.75, 3.05) is 5.32 Å². The normalized spacial score (nSPS) is 21.7. The van der Waals surface area contributed by atoms with Crippen LogP contribution in [0.4, 0.5) is 28.2 Å². The summed E-state index contributed by atoms with van der Waals surface area (Å²) in [6.45, 7) is 1.78. The molecule has 3 rings (SSSR count). The smallest absolute Gasteiger partial charge is 0.413 e. The molecule has 1 aromatic heterocycles. The molecule has 26 heavy (non-hydrogen) atoms. The predicted molar refractivity (Wildman–Crippen MR) is 86.9 cm³/mol. The number of nitrogens with one attached hydrogen (secondary N) is 1. The molecule has 0 bridgehead atoms. The van der Waals surface area contributed by atoms with Gasteiger partial charge < -0.3 is 4.74 Å². The van der Waals surface area contributed by atoms with Crippen LogP contribution in [-0.4, -0.2) is 33.8 Å². The van der Waals surface area contributed by atoms with E-state index >= 15 is 0 Å². The van der Waals surface area contributed by atoms with Gasteiger partial charge in [-0.15, -0.1) is 0 Å². The van der Waals surface area contributed by atoms with Gasteiger partial charge in [-0.05, 0) is 25.7 Å². The minimum Gasteiger partial charge on any atom is -0.440 e. The Bertz CT molecular complexity index is 687. The van der Waals surface area contributed by atoms with Crippen molar-refractivity contribution >= 4 is 11.9 Å². The molecule has 0 unspecified atom stereocenters. The number of alkyl halides is 4. The van der Waals surface area contributed by atoms with Crippen LogP contribution in [0.1, 0.15) is 69.0 Å². The van der Waals surface area contributed by atoms with E-state index in [1.807, 2.05) is 0 Å². The second-order valence-corrected chi connectivity index (χ2v) is 7.49. The molecule has 1 amide bonds. The molecule has 1 heterocycles. The van der Waals surface area contributed by atoms with E-state index in [4.69, 9.17) is 4.74 Å². The van der Waals surface area contributed by atoms with Crippen LogP contribution >= 0.6 is 0 Å². The van der Waals surface area contributed by atoms with Crippen molar-refractivity contribution in [2.24, 2.45) is 7.05 Å². The molecule has 5 nitrogen and oxygen atoms in total. The molecule has 9 heteroatoms. The van der Waals surface area contributed by atoms with Crippen LogP contribution in [0, 0.1) is 0 Å². The summed E-state index contributed by atoms with van der Waals surface area (Å²) in [5, 5.41) is 6.84. The maximum Gasteiger partial charge on any atom is 0.413 e. The van der Waals surface area contributed by atoms with Crippen molar-refractivity contribution < 1.29 is 27.1 Å².